The summed E-state index contributed by atoms with van der Waals surface area (Å²) in [6, 6.07) is 10.4. The molecule has 0 saturated carbocycles. The van der Waals surface area contributed by atoms with E-state index >= 15 is 0 Å². The fraction of sp³-hybridized carbons (Fsp3) is 0.375. The molecule has 1 aliphatic rings. The third-order valence-corrected chi connectivity index (χ3v) is 3.33. The number of Topliss-reactive ketones (excluding diaryl/α,β-unsaturated/α-hetero) is 1. The van der Waals surface area contributed by atoms with E-state index in [1.54, 1.807) is 0 Å². The topological polar surface area (TPSA) is 58.9 Å². The number of azo groups is 1. The van der Waals surface area contributed by atoms with Gasteiger partial charge in [-0.15, -0.1) is 5.11 Å². The van der Waals surface area contributed by atoms with Crippen molar-refractivity contribution in [2.75, 3.05) is 0 Å². The van der Waals surface area contributed by atoms with Crippen LogP contribution in [0.25, 0.3) is 0 Å². The van der Waals surface area contributed by atoms with Crippen LogP contribution in [-0.2, 0) is 16.0 Å². The van der Waals surface area contributed by atoms with Gasteiger partial charge in [0.15, 0.2) is 5.78 Å². The number of amides is 1. The fourth-order valence-corrected chi connectivity index (χ4v) is 2.19. The highest BCUT2D eigenvalue weighted by Crippen LogP contribution is 2.14. The summed E-state index contributed by atoms with van der Waals surface area (Å²) >= 11 is 0. The lowest BCUT2D eigenvalue weighted by Gasteiger charge is -2.02. The third kappa shape index (κ3) is 4.23. The van der Waals surface area contributed by atoms with E-state index in [0.29, 0.717) is 6.42 Å². The predicted octanol–water partition coefficient (Wildman–Crippen LogP) is 3.63. The number of hydrogen-bond donors (Lipinski definition) is 0. The summed E-state index contributed by atoms with van der Waals surface area (Å²) in [6.45, 7) is 0. The van der Waals surface area contributed by atoms with E-state index in [0.717, 1.165) is 32.1 Å². The number of ketones is 1. The summed E-state index contributed by atoms with van der Waals surface area (Å²) in [5.41, 5.74) is 1.49. The zero-order chi connectivity index (χ0) is 14.2. The molecular formula is C16H18N2O2. The molecule has 0 aliphatic carbocycles. The summed E-state index contributed by atoms with van der Waals surface area (Å²) in [4.78, 5) is 22.9. The minimum absolute atomic E-state index is 0.134. The van der Waals surface area contributed by atoms with Crippen molar-refractivity contribution in [3.05, 3.63) is 47.7 Å². The molecule has 0 bridgehead atoms. The van der Waals surface area contributed by atoms with Gasteiger partial charge in [0.2, 0.25) is 0 Å². The van der Waals surface area contributed by atoms with Crippen molar-refractivity contribution < 1.29 is 9.59 Å². The minimum atomic E-state index is -0.501. The molecule has 1 amide bonds. The van der Waals surface area contributed by atoms with Crippen molar-refractivity contribution in [2.24, 2.45) is 10.2 Å². The first kappa shape index (κ1) is 14.3. The van der Waals surface area contributed by atoms with Crippen LogP contribution in [0.15, 0.2) is 52.3 Å². The van der Waals surface area contributed by atoms with Crippen LogP contribution >= 0.6 is 0 Å². The Balaban J connectivity index is 1.56. The second-order valence-corrected chi connectivity index (χ2v) is 4.89. The van der Waals surface area contributed by atoms with Gasteiger partial charge in [-0.2, -0.15) is 5.11 Å². The Kier molecular flexibility index (Phi) is 5.35. The monoisotopic (exact) mass is 270 g/mol. The third-order valence-electron chi connectivity index (χ3n) is 3.33. The zero-order valence-corrected chi connectivity index (χ0v) is 11.4. The molecule has 0 N–H and O–H groups in total. The molecule has 1 aromatic carbocycles. The standard InChI is InChI=1S/C16H18N2O2/c19-15(14-12-17-18-16(14)20)11-7-2-1-4-8-13-9-5-3-6-10-13/h3,5-6,9-10,12H,1-2,4,7-8,11H2. The SMILES string of the molecule is O=C(CCCCCCc1ccccc1)C1=CN=NC1=O. The van der Waals surface area contributed by atoms with Crippen LogP contribution in [0, 0.1) is 0 Å². The normalized spacial score (nSPS) is 13.6. The highest BCUT2D eigenvalue weighted by molar-refractivity contribution is 6.20. The number of benzene rings is 1. The molecule has 2 rings (SSSR count). The van der Waals surface area contributed by atoms with Crippen molar-refractivity contribution in [1.29, 1.82) is 0 Å². The number of hydrogen-bond acceptors (Lipinski definition) is 3. The highest BCUT2D eigenvalue weighted by atomic mass is 16.2. The second kappa shape index (κ2) is 7.48. The molecule has 104 valence electrons. The number of nitrogens with zero attached hydrogens (tertiary/aromatic N) is 2. The second-order valence-electron chi connectivity index (χ2n) is 4.89. The number of carbonyl (C=O) groups excluding carboxylic acids is 2. The van der Waals surface area contributed by atoms with E-state index in [1.165, 1.54) is 11.8 Å². The van der Waals surface area contributed by atoms with Gasteiger partial charge >= 0.3 is 5.91 Å². The van der Waals surface area contributed by atoms with Gasteiger partial charge in [-0.05, 0) is 24.8 Å². The van der Waals surface area contributed by atoms with E-state index < -0.39 is 5.91 Å². The molecule has 0 atom stereocenters. The Hall–Kier alpha value is -2.10. The van der Waals surface area contributed by atoms with Gasteiger partial charge in [0.1, 0.15) is 5.57 Å². The summed E-state index contributed by atoms with van der Waals surface area (Å²) in [5.74, 6) is -0.637. The lowest BCUT2D eigenvalue weighted by molar-refractivity contribution is -0.120. The average Bonchev–Trinajstić information content (AvgIpc) is 2.90. The molecule has 0 spiro atoms. The predicted molar refractivity (Wildman–Crippen MR) is 76.2 cm³/mol. The maximum absolute atomic E-state index is 11.7. The summed E-state index contributed by atoms with van der Waals surface area (Å²) < 4.78 is 0. The van der Waals surface area contributed by atoms with Crippen LogP contribution in [0.3, 0.4) is 0 Å². The van der Waals surface area contributed by atoms with Crippen molar-refractivity contribution in [1.82, 2.24) is 0 Å². The molecule has 0 saturated heterocycles. The van der Waals surface area contributed by atoms with Crippen LogP contribution < -0.4 is 0 Å². The highest BCUT2D eigenvalue weighted by Gasteiger charge is 2.20. The molecule has 0 radical (unpaired) electrons. The van der Waals surface area contributed by atoms with Crippen molar-refractivity contribution in [2.45, 2.75) is 38.5 Å². The summed E-state index contributed by atoms with van der Waals surface area (Å²) in [6.07, 6.45) is 6.81. The van der Waals surface area contributed by atoms with E-state index in [1.807, 2.05) is 6.07 Å². The largest absolute Gasteiger partial charge is 0.300 e. The Morgan fingerprint density at radius 3 is 2.45 bits per heavy atom. The number of aryl methyl sites for hydroxylation is 1. The lowest BCUT2D eigenvalue weighted by atomic mass is 10.0. The Bertz CT molecular complexity index is 533. The molecule has 1 heterocycles. The van der Waals surface area contributed by atoms with Crippen LogP contribution in [-0.4, -0.2) is 11.7 Å². The molecule has 4 nitrogen and oxygen atoms in total. The molecule has 20 heavy (non-hydrogen) atoms. The molecule has 0 fully saturated rings. The Morgan fingerprint density at radius 1 is 1.00 bits per heavy atom. The molecule has 1 aliphatic heterocycles. The first-order chi connectivity index (χ1) is 9.77. The van der Waals surface area contributed by atoms with Crippen LogP contribution in [0.1, 0.15) is 37.7 Å². The maximum atomic E-state index is 11.7. The van der Waals surface area contributed by atoms with Crippen LogP contribution in [0.4, 0.5) is 0 Å². The van der Waals surface area contributed by atoms with Gasteiger partial charge < -0.3 is 0 Å². The van der Waals surface area contributed by atoms with Crippen molar-refractivity contribution in [3.63, 3.8) is 0 Å². The number of rotatable bonds is 8. The minimum Gasteiger partial charge on any atom is -0.294 e. The zero-order valence-electron chi connectivity index (χ0n) is 11.4. The smallest absolute Gasteiger partial charge is 0.294 e. The summed E-state index contributed by atoms with van der Waals surface area (Å²) in [5, 5.41) is 6.75. The van der Waals surface area contributed by atoms with Crippen LogP contribution in [0.2, 0.25) is 0 Å². The fourth-order valence-electron chi connectivity index (χ4n) is 2.19. The van der Waals surface area contributed by atoms with E-state index in [-0.39, 0.29) is 11.4 Å². The Morgan fingerprint density at radius 2 is 1.75 bits per heavy atom. The molecule has 1 aromatic rings. The molecule has 4 heteroatoms. The van der Waals surface area contributed by atoms with E-state index in [2.05, 4.69) is 34.5 Å². The number of carbonyl (C=O) groups is 2. The van der Waals surface area contributed by atoms with Gasteiger partial charge in [0, 0.05) is 6.42 Å². The van der Waals surface area contributed by atoms with Crippen LogP contribution in [0.5, 0.6) is 0 Å². The number of unbranched alkanes of at least 4 members (excludes halogenated alkanes) is 3. The van der Waals surface area contributed by atoms with Gasteiger partial charge in [-0.3, -0.25) is 9.59 Å². The molecule has 0 aromatic heterocycles. The van der Waals surface area contributed by atoms with Gasteiger partial charge in [-0.1, -0.05) is 43.2 Å². The van der Waals surface area contributed by atoms with Gasteiger partial charge in [0.25, 0.3) is 0 Å². The first-order valence-electron chi connectivity index (χ1n) is 7.00. The van der Waals surface area contributed by atoms with Gasteiger partial charge in [-0.25, -0.2) is 0 Å². The van der Waals surface area contributed by atoms with Crippen molar-refractivity contribution in [3.8, 4) is 0 Å². The molecule has 0 unspecified atom stereocenters. The van der Waals surface area contributed by atoms with E-state index in [4.69, 9.17) is 0 Å². The summed E-state index contributed by atoms with van der Waals surface area (Å²) in [7, 11) is 0. The average molecular weight is 270 g/mol. The van der Waals surface area contributed by atoms with E-state index in [9.17, 15) is 9.59 Å². The van der Waals surface area contributed by atoms with Crippen molar-refractivity contribution >= 4 is 11.7 Å². The lowest BCUT2D eigenvalue weighted by Crippen LogP contribution is -2.08. The Labute approximate surface area is 118 Å². The quantitative estimate of drug-likeness (QED) is 0.535. The first-order valence-corrected chi connectivity index (χ1v) is 7.00. The maximum Gasteiger partial charge on any atom is 0.300 e. The molecular weight excluding hydrogens is 252 g/mol. The van der Waals surface area contributed by atoms with Gasteiger partial charge in [0.05, 0.1) is 6.20 Å².